The van der Waals surface area contributed by atoms with Crippen molar-refractivity contribution in [3.8, 4) is 5.75 Å². The summed E-state index contributed by atoms with van der Waals surface area (Å²) in [7, 11) is 0. The number of rotatable bonds is 3. The van der Waals surface area contributed by atoms with Crippen LogP contribution in [0, 0.1) is 0 Å². The molecule has 2 aromatic carbocycles. The van der Waals surface area contributed by atoms with Crippen LogP contribution in [0.4, 0.5) is 5.69 Å². The van der Waals surface area contributed by atoms with E-state index in [1.165, 1.54) is 23.1 Å². The topological polar surface area (TPSA) is 24.5 Å². The molecule has 2 heterocycles. The summed E-state index contributed by atoms with van der Waals surface area (Å²) in [5, 5.41) is 3.43. The standard InChI is InChI=1S/C20H24N2O/c1-15(22-10-8-17-4-2-3-5-18(17)14-22)12-16-6-7-20-19(13-16)21-9-11-23-20/h2-7,13,15,21H,8-12,14H2,1H3. The molecule has 0 saturated carbocycles. The molecule has 2 aromatic rings. The first kappa shape index (κ1) is 14.6. The third-order valence-electron chi connectivity index (χ3n) is 5.03. The van der Waals surface area contributed by atoms with Gasteiger partial charge in [0.1, 0.15) is 12.4 Å². The number of fused-ring (bicyclic) bond motifs is 2. The zero-order valence-corrected chi connectivity index (χ0v) is 13.7. The highest BCUT2D eigenvalue weighted by Crippen LogP contribution is 2.29. The molecule has 1 atom stereocenters. The quantitative estimate of drug-likeness (QED) is 0.939. The number of anilines is 1. The van der Waals surface area contributed by atoms with Crippen LogP contribution in [-0.2, 0) is 19.4 Å². The van der Waals surface area contributed by atoms with Gasteiger partial charge in [0.15, 0.2) is 0 Å². The average Bonchev–Trinajstić information content (AvgIpc) is 2.61. The van der Waals surface area contributed by atoms with E-state index in [4.69, 9.17) is 4.74 Å². The molecule has 0 radical (unpaired) electrons. The summed E-state index contributed by atoms with van der Waals surface area (Å²) in [6.45, 7) is 6.23. The predicted octanol–water partition coefficient (Wildman–Crippen LogP) is 3.48. The smallest absolute Gasteiger partial charge is 0.142 e. The van der Waals surface area contributed by atoms with Crippen LogP contribution in [0.15, 0.2) is 42.5 Å². The molecule has 120 valence electrons. The zero-order chi connectivity index (χ0) is 15.6. The third-order valence-corrected chi connectivity index (χ3v) is 5.03. The summed E-state index contributed by atoms with van der Waals surface area (Å²) in [6, 6.07) is 16.0. The molecule has 1 N–H and O–H groups in total. The Morgan fingerprint density at radius 3 is 2.96 bits per heavy atom. The second-order valence-corrected chi connectivity index (χ2v) is 6.65. The Hall–Kier alpha value is -2.00. The van der Waals surface area contributed by atoms with Gasteiger partial charge in [0.2, 0.25) is 0 Å². The fourth-order valence-corrected chi connectivity index (χ4v) is 3.68. The van der Waals surface area contributed by atoms with Gasteiger partial charge >= 0.3 is 0 Å². The summed E-state index contributed by atoms with van der Waals surface area (Å²) < 4.78 is 5.67. The van der Waals surface area contributed by atoms with E-state index < -0.39 is 0 Å². The number of hydrogen-bond donors (Lipinski definition) is 1. The minimum Gasteiger partial charge on any atom is -0.490 e. The van der Waals surface area contributed by atoms with E-state index >= 15 is 0 Å². The van der Waals surface area contributed by atoms with Crippen molar-refractivity contribution in [3.63, 3.8) is 0 Å². The highest BCUT2D eigenvalue weighted by Gasteiger charge is 2.21. The Kier molecular flexibility index (Phi) is 3.96. The van der Waals surface area contributed by atoms with Crippen molar-refractivity contribution in [3.05, 3.63) is 59.2 Å². The van der Waals surface area contributed by atoms with Crippen LogP contribution in [0.1, 0.15) is 23.6 Å². The number of benzene rings is 2. The lowest BCUT2D eigenvalue weighted by Gasteiger charge is -2.34. The van der Waals surface area contributed by atoms with Gasteiger partial charge in [-0.05, 0) is 48.6 Å². The van der Waals surface area contributed by atoms with Gasteiger partial charge in [0.05, 0.1) is 5.69 Å². The highest BCUT2D eigenvalue weighted by molar-refractivity contribution is 5.59. The van der Waals surface area contributed by atoms with Crippen molar-refractivity contribution in [1.29, 1.82) is 0 Å². The molecule has 0 aliphatic carbocycles. The largest absolute Gasteiger partial charge is 0.490 e. The Balaban J connectivity index is 1.45. The first-order valence-corrected chi connectivity index (χ1v) is 8.60. The van der Waals surface area contributed by atoms with E-state index in [0.717, 1.165) is 44.1 Å². The molecule has 2 aliphatic rings. The van der Waals surface area contributed by atoms with Gasteiger partial charge < -0.3 is 10.1 Å². The van der Waals surface area contributed by atoms with Crippen LogP contribution in [0.2, 0.25) is 0 Å². The maximum Gasteiger partial charge on any atom is 0.142 e. The molecule has 0 fully saturated rings. The molecule has 0 aromatic heterocycles. The van der Waals surface area contributed by atoms with E-state index in [9.17, 15) is 0 Å². The number of hydrogen-bond acceptors (Lipinski definition) is 3. The van der Waals surface area contributed by atoms with Gasteiger partial charge in [-0.1, -0.05) is 30.3 Å². The number of ether oxygens (including phenoxy) is 1. The molecule has 3 heteroatoms. The summed E-state index contributed by atoms with van der Waals surface area (Å²) in [4.78, 5) is 2.60. The monoisotopic (exact) mass is 308 g/mol. The van der Waals surface area contributed by atoms with Crippen LogP contribution in [0.3, 0.4) is 0 Å². The van der Waals surface area contributed by atoms with Crippen LogP contribution in [0.25, 0.3) is 0 Å². The average molecular weight is 308 g/mol. The van der Waals surface area contributed by atoms with E-state index in [2.05, 4.69) is 59.6 Å². The summed E-state index contributed by atoms with van der Waals surface area (Å²) in [5.41, 5.74) is 5.54. The van der Waals surface area contributed by atoms with Gasteiger partial charge in [-0.2, -0.15) is 0 Å². The minimum absolute atomic E-state index is 0.547. The molecule has 0 saturated heterocycles. The third kappa shape index (κ3) is 3.06. The van der Waals surface area contributed by atoms with E-state index in [1.54, 1.807) is 0 Å². The Morgan fingerprint density at radius 2 is 2.04 bits per heavy atom. The van der Waals surface area contributed by atoms with Crippen molar-refractivity contribution in [2.75, 3.05) is 25.0 Å². The summed E-state index contributed by atoms with van der Waals surface area (Å²) in [5.74, 6) is 0.986. The fraction of sp³-hybridized carbons (Fsp3) is 0.400. The van der Waals surface area contributed by atoms with Crippen LogP contribution in [0.5, 0.6) is 5.75 Å². The van der Waals surface area contributed by atoms with Gasteiger partial charge in [-0.25, -0.2) is 0 Å². The first-order valence-electron chi connectivity index (χ1n) is 8.60. The second-order valence-electron chi connectivity index (χ2n) is 6.65. The zero-order valence-electron chi connectivity index (χ0n) is 13.7. The lowest BCUT2D eigenvalue weighted by molar-refractivity contribution is 0.189. The summed E-state index contributed by atoms with van der Waals surface area (Å²) >= 11 is 0. The second kappa shape index (κ2) is 6.25. The predicted molar refractivity (Wildman–Crippen MR) is 94.1 cm³/mol. The molecule has 0 bridgehead atoms. The van der Waals surface area contributed by atoms with Gasteiger partial charge in [0, 0.05) is 25.7 Å². The van der Waals surface area contributed by atoms with Crippen molar-refractivity contribution < 1.29 is 4.74 Å². The van der Waals surface area contributed by atoms with E-state index in [-0.39, 0.29) is 0 Å². The lowest BCUT2D eigenvalue weighted by atomic mass is 9.97. The Bertz CT molecular complexity index is 698. The first-order chi connectivity index (χ1) is 11.3. The molecular weight excluding hydrogens is 284 g/mol. The number of nitrogens with zero attached hydrogens (tertiary/aromatic N) is 1. The van der Waals surface area contributed by atoms with E-state index in [1.807, 2.05) is 0 Å². The Morgan fingerprint density at radius 1 is 1.17 bits per heavy atom. The lowest BCUT2D eigenvalue weighted by Crippen LogP contribution is -2.38. The van der Waals surface area contributed by atoms with E-state index in [0.29, 0.717) is 6.04 Å². The molecule has 1 unspecified atom stereocenters. The van der Waals surface area contributed by atoms with Crippen molar-refractivity contribution in [2.45, 2.75) is 32.4 Å². The van der Waals surface area contributed by atoms with Gasteiger partial charge in [-0.3, -0.25) is 4.90 Å². The molecule has 3 nitrogen and oxygen atoms in total. The maximum absolute atomic E-state index is 5.67. The van der Waals surface area contributed by atoms with Crippen molar-refractivity contribution in [2.24, 2.45) is 0 Å². The fourth-order valence-electron chi connectivity index (χ4n) is 3.68. The molecule has 2 aliphatic heterocycles. The summed E-state index contributed by atoms with van der Waals surface area (Å²) in [6.07, 6.45) is 2.25. The van der Waals surface area contributed by atoms with Gasteiger partial charge in [-0.15, -0.1) is 0 Å². The van der Waals surface area contributed by atoms with Crippen molar-refractivity contribution in [1.82, 2.24) is 4.90 Å². The highest BCUT2D eigenvalue weighted by atomic mass is 16.5. The molecule has 4 rings (SSSR count). The van der Waals surface area contributed by atoms with Crippen LogP contribution >= 0.6 is 0 Å². The SMILES string of the molecule is CC(Cc1ccc2c(c1)NCCO2)N1CCc2ccccc2C1. The van der Waals surface area contributed by atoms with Gasteiger partial charge in [0.25, 0.3) is 0 Å². The minimum atomic E-state index is 0.547. The molecule has 0 amide bonds. The van der Waals surface area contributed by atoms with Crippen LogP contribution in [-0.4, -0.2) is 30.6 Å². The van der Waals surface area contributed by atoms with Crippen molar-refractivity contribution >= 4 is 5.69 Å². The normalized spacial score (nSPS) is 18.3. The Labute approximate surface area is 138 Å². The number of nitrogens with one attached hydrogen (secondary N) is 1. The van der Waals surface area contributed by atoms with Crippen LogP contribution < -0.4 is 10.1 Å². The molecular formula is C20H24N2O. The molecule has 23 heavy (non-hydrogen) atoms. The molecule has 0 spiro atoms. The maximum atomic E-state index is 5.67.